The summed E-state index contributed by atoms with van der Waals surface area (Å²) in [5.74, 6) is -4.91. The average Bonchev–Trinajstić information content (AvgIpc) is 2.94. The summed E-state index contributed by atoms with van der Waals surface area (Å²) in [6.07, 6.45) is -7.89. The third-order valence-electron chi connectivity index (χ3n) is 5.49. The lowest BCUT2D eigenvalue weighted by Crippen LogP contribution is -2.57. The first-order valence-electron chi connectivity index (χ1n) is 13.6. The van der Waals surface area contributed by atoms with E-state index in [1.165, 1.54) is 24.3 Å². The number of carbonyl (C=O) groups excluding carboxylic acids is 6. The van der Waals surface area contributed by atoms with Crippen molar-refractivity contribution in [3.05, 3.63) is 48.5 Å². The molecule has 0 heterocycles. The molecule has 14 heteroatoms. The van der Waals surface area contributed by atoms with Crippen LogP contribution in [0.3, 0.4) is 0 Å². The lowest BCUT2D eigenvalue weighted by molar-refractivity contribution is -0.198. The zero-order valence-corrected chi connectivity index (χ0v) is 25.2. The summed E-state index contributed by atoms with van der Waals surface area (Å²) in [5, 5.41) is 5.04. The number of anilines is 2. The SMILES string of the molecule is CCOc1ccc(NC(=O)C(OC(C)=O)C(OC(C)=O)C(OC(C)=O)C(OC(C)=O)C(=O)Nc2ccc(OCC)cc2)cc1. The highest BCUT2D eigenvalue weighted by Gasteiger charge is 2.49. The summed E-state index contributed by atoms with van der Waals surface area (Å²) >= 11 is 0. The van der Waals surface area contributed by atoms with E-state index in [0.29, 0.717) is 24.7 Å². The molecule has 2 amide bonds. The number of amides is 2. The Morgan fingerprint density at radius 3 is 1.07 bits per heavy atom. The normalized spacial score (nSPS) is 13.1. The number of hydrogen-bond acceptors (Lipinski definition) is 12. The van der Waals surface area contributed by atoms with Gasteiger partial charge in [0.05, 0.1) is 13.2 Å². The first-order valence-corrected chi connectivity index (χ1v) is 13.6. The smallest absolute Gasteiger partial charge is 0.303 e. The van der Waals surface area contributed by atoms with E-state index in [4.69, 9.17) is 28.4 Å². The van der Waals surface area contributed by atoms with Gasteiger partial charge in [0.2, 0.25) is 12.2 Å². The standard InChI is InChI=1S/C30H36N2O12/c1-7-39-23-13-9-21(10-14-23)31-29(37)27(43-19(5)35)25(41-17(3)33)26(42-18(4)34)28(44-20(6)36)30(38)32-22-11-15-24(16-12-22)40-8-2/h9-16,25-28H,7-8H2,1-6H3,(H,31,37)(H,32,38). The van der Waals surface area contributed by atoms with Gasteiger partial charge in [-0.25, -0.2) is 0 Å². The van der Waals surface area contributed by atoms with E-state index in [-0.39, 0.29) is 11.4 Å². The number of ether oxygens (including phenoxy) is 6. The summed E-state index contributed by atoms with van der Waals surface area (Å²) in [4.78, 5) is 75.7. The molecule has 238 valence electrons. The van der Waals surface area contributed by atoms with Crippen LogP contribution in [-0.2, 0) is 47.7 Å². The minimum absolute atomic E-state index is 0.242. The number of carbonyl (C=O) groups is 6. The fourth-order valence-corrected chi connectivity index (χ4v) is 3.91. The van der Waals surface area contributed by atoms with Crippen molar-refractivity contribution in [2.75, 3.05) is 23.8 Å². The van der Waals surface area contributed by atoms with Crippen LogP contribution >= 0.6 is 0 Å². The largest absolute Gasteiger partial charge is 0.494 e. The van der Waals surface area contributed by atoms with Gasteiger partial charge in [0.25, 0.3) is 11.8 Å². The lowest BCUT2D eigenvalue weighted by Gasteiger charge is -2.34. The summed E-state index contributed by atoms with van der Waals surface area (Å²) < 4.78 is 31.9. The van der Waals surface area contributed by atoms with E-state index in [1.807, 2.05) is 0 Å². The summed E-state index contributed by atoms with van der Waals surface area (Å²) in [6.45, 7) is 8.37. The molecule has 0 aliphatic carbocycles. The molecule has 0 aromatic heterocycles. The summed E-state index contributed by atoms with van der Waals surface area (Å²) in [7, 11) is 0. The third kappa shape index (κ3) is 11.3. The molecule has 0 saturated heterocycles. The molecule has 2 aromatic rings. The number of rotatable bonds is 15. The van der Waals surface area contributed by atoms with Gasteiger partial charge in [-0.3, -0.25) is 28.8 Å². The van der Waals surface area contributed by atoms with Crippen molar-refractivity contribution in [1.29, 1.82) is 0 Å². The lowest BCUT2D eigenvalue weighted by atomic mass is 10.00. The van der Waals surface area contributed by atoms with Gasteiger partial charge in [-0.1, -0.05) is 0 Å². The number of hydrogen-bond donors (Lipinski definition) is 2. The highest BCUT2D eigenvalue weighted by Crippen LogP contribution is 2.24. The van der Waals surface area contributed by atoms with E-state index < -0.39 is 60.1 Å². The van der Waals surface area contributed by atoms with Gasteiger partial charge < -0.3 is 39.1 Å². The molecule has 0 spiro atoms. The predicted molar refractivity (Wildman–Crippen MR) is 155 cm³/mol. The minimum atomic E-state index is -1.98. The van der Waals surface area contributed by atoms with E-state index in [0.717, 1.165) is 27.7 Å². The van der Waals surface area contributed by atoms with Crippen molar-refractivity contribution in [1.82, 2.24) is 0 Å². The molecule has 2 rings (SSSR count). The first kappa shape index (κ1) is 35.1. The van der Waals surface area contributed by atoms with Crippen LogP contribution in [0.2, 0.25) is 0 Å². The molecule has 2 N–H and O–H groups in total. The molecule has 2 aromatic carbocycles. The molecule has 4 unspecified atom stereocenters. The minimum Gasteiger partial charge on any atom is -0.494 e. The monoisotopic (exact) mass is 616 g/mol. The van der Waals surface area contributed by atoms with Crippen LogP contribution in [0.4, 0.5) is 11.4 Å². The molecule has 0 bridgehead atoms. The number of benzene rings is 2. The Labute approximate surface area is 254 Å². The van der Waals surface area contributed by atoms with Gasteiger partial charge in [0.1, 0.15) is 11.5 Å². The quantitative estimate of drug-likeness (QED) is 0.221. The molecular weight excluding hydrogens is 580 g/mol. The maximum absolute atomic E-state index is 13.5. The van der Waals surface area contributed by atoms with Crippen molar-refractivity contribution in [2.24, 2.45) is 0 Å². The summed E-state index contributed by atoms with van der Waals surface area (Å²) in [6, 6.07) is 12.3. The van der Waals surface area contributed by atoms with Crippen molar-refractivity contribution in [2.45, 2.75) is 66.0 Å². The van der Waals surface area contributed by atoms with Crippen molar-refractivity contribution in [3.63, 3.8) is 0 Å². The van der Waals surface area contributed by atoms with Crippen molar-refractivity contribution < 1.29 is 57.2 Å². The topological polar surface area (TPSA) is 182 Å². The predicted octanol–water partition coefficient (Wildman–Crippen LogP) is 2.79. The van der Waals surface area contributed by atoms with Crippen LogP contribution in [0.5, 0.6) is 11.5 Å². The molecule has 0 radical (unpaired) electrons. The van der Waals surface area contributed by atoms with Gasteiger partial charge >= 0.3 is 23.9 Å². The highest BCUT2D eigenvalue weighted by atomic mass is 16.6. The van der Waals surface area contributed by atoms with Crippen LogP contribution in [-0.4, -0.2) is 73.3 Å². The Balaban J connectivity index is 2.54. The fourth-order valence-electron chi connectivity index (χ4n) is 3.91. The molecule has 0 saturated carbocycles. The third-order valence-corrected chi connectivity index (χ3v) is 5.49. The van der Waals surface area contributed by atoms with Gasteiger partial charge in [-0.15, -0.1) is 0 Å². The molecule has 0 aliphatic heterocycles. The van der Waals surface area contributed by atoms with E-state index in [1.54, 1.807) is 38.1 Å². The van der Waals surface area contributed by atoms with Crippen molar-refractivity contribution in [3.8, 4) is 11.5 Å². The summed E-state index contributed by atoms with van der Waals surface area (Å²) in [5.41, 5.74) is 0.483. The molecule has 0 aliphatic rings. The molecule has 0 fully saturated rings. The fraction of sp³-hybridized carbons (Fsp3) is 0.400. The number of esters is 4. The van der Waals surface area contributed by atoms with Crippen molar-refractivity contribution >= 4 is 47.1 Å². The zero-order valence-electron chi connectivity index (χ0n) is 25.2. The molecule has 14 nitrogen and oxygen atoms in total. The molecule has 44 heavy (non-hydrogen) atoms. The van der Waals surface area contributed by atoms with Crippen LogP contribution in [0, 0.1) is 0 Å². The Hall–Kier alpha value is -5.14. The second kappa shape index (κ2) is 17.1. The average molecular weight is 617 g/mol. The van der Waals surface area contributed by atoms with E-state index in [2.05, 4.69) is 10.6 Å². The van der Waals surface area contributed by atoms with Crippen LogP contribution in [0.25, 0.3) is 0 Å². The molecule has 4 atom stereocenters. The van der Waals surface area contributed by atoms with Crippen LogP contribution < -0.4 is 20.1 Å². The van der Waals surface area contributed by atoms with Gasteiger partial charge in [-0.05, 0) is 62.4 Å². The van der Waals surface area contributed by atoms with Gasteiger partial charge in [0, 0.05) is 39.1 Å². The number of nitrogens with one attached hydrogen (secondary N) is 2. The first-order chi connectivity index (χ1) is 20.8. The van der Waals surface area contributed by atoms with Crippen LogP contribution in [0.1, 0.15) is 41.5 Å². The second-order valence-corrected chi connectivity index (χ2v) is 9.10. The van der Waals surface area contributed by atoms with Gasteiger partial charge in [-0.2, -0.15) is 0 Å². The van der Waals surface area contributed by atoms with Crippen LogP contribution in [0.15, 0.2) is 48.5 Å². The van der Waals surface area contributed by atoms with E-state index in [9.17, 15) is 28.8 Å². The Bertz CT molecular complexity index is 1210. The maximum Gasteiger partial charge on any atom is 0.303 e. The zero-order chi connectivity index (χ0) is 32.8. The maximum atomic E-state index is 13.5. The van der Waals surface area contributed by atoms with Gasteiger partial charge in [0.15, 0.2) is 12.2 Å². The molecular formula is C30H36N2O12. The Morgan fingerprint density at radius 2 is 0.818 bits per heavy atom. The van der Waals surface area contributed by atoms with E-state index >= 15 is 0 Å². The highest BCUT2D eigenvalue weighted by molar-refractivity contribution is 5.98. The Morgan fingerprint density at radius 1 is 0.523 bits per heavy atom. The second-order valence-electron chi connectivity index (χ2n) is 9.10. The Kier molecular flexibility index (Phi) is 13.6.